The van der Waals surface area contributed by atoms with Crippen molar-refractivity contribution in [3.8, 4) is 0 Å². The van der Waals surface area contributed by atoms with Gasteiger partial charge >= 0.3 is 5.97 Å². The molecule has 0 unspecified atom stereocenters. The maximum Gasteiger partial charge on any atom is 0.307 e. The fourth-order valence-electron chi connectivity index (χ4n) is 1.49. The predicted molar refractivity (Wildman–Crippen MR) is 65.2 cm³/mol. The van der Waals surface area contributed by atoms with E-state index in [1.807, 2.05) is 6.92 Å². The summed E-state index contributed by atoms with van der Waals surface area (Å²) in [6.45, 7) is 4.79. The van der Waals surface area contributed by atoms with Gasteiger partial charge in [-0.15, -0.1) is 0 Å². The smallest absolute Gasteiger partial charge is 0.307 e. The zero-order valence-corrected chi connectivity index (χ0v) is 10.8. The fraction of sp³-hybridized carbons (Fsp3) is 0.923. The SMILES string of the molecule is CCCCCCCCCC(=O)OCOCC. The van der Waals surface area contributed by atoms with Gasteiger partial charge in [0.05, 0.1) is 0 Å². The first-order valence-corrected chi connectivity index (χ1v) is 6.54. The molecule has 0 bridgehead atoms. The molecule has 3 nitrogen and oxygen atoms in total. The third-order valence-electron chi connectivity index (χ3n) is 2.49. The van der Waals surface area contributed by atoms with E-state index < -0.39 is 0 Å². The van der Waals surface area contributed by atoms with Crippen LogP contribution in [-0.4, -0.2) is 19.4 Å². The lowest BCUT2D eigenvalue weighted by Gasteiger charge is -2.04. The highest BCUT2D eigenvalue weighted by Gasteiger charge is 2.01. The molecule has 0 saturated carbocycles. The van der Waals surface area contributed by atoms with Crippen LogP contribution in [-0.2, 0) is 14.3 Å². The largest absolute Gasteiger partial charge is 0.438 e. The van der Waals surface area contributed by atoms with Crippen LogP contribution in [0.4, 0.5) is 0 Å². The Balaban J connectivity index is 3.09. The highest BCUT2D eigenvalue weighted by molar-refractivity contribution is 5.69. The van der Waals surface area contributed by atoms with Crippen molar-refractivity contribution in [1.82, 2.24) is 0 Å². The summed E-state index contributed by atoms with van der Waals surface area (Å²) in [6, 6.07) is 0. The van der Waals surface area contributed by atoms with Crippen molar-refractivity contribution in [2.75, 3.05) is 13.4 Å². The quantitative estimate of drug-likeness (QED) is 0.309. The predicted octanol–water partition coefficient (Wildman–Crippen LogP) is 3.66. The summed E-state index contributed by atoms with van der Waals surface area (Å²) >= 11 is 0. The number of carbonyl (C=O) groups excluding carboxylic acids is 1. The van der Waals surface area contributed by atoms with Gasteiger partial charge in [0.2, 0.25) is 0 Å². The number of rotatable bonds is 11. The molecule has 0 aromatic rings. The van der Waals surface area contributed by atoms with E-state index in [9.17, 15) is 4.79 Å². The summed E-state index contributed by atoms with van der Waals surface area (Å²) in [7, 11) is 0. The molecule has 0 aliphatic rings. The molecule has 0 aromatic heterocycles. The van der Waals surface area contributed by atoms with E-state index in [2.05, 4.69) is 6.92 Å². The first kappa shape index (κ1) is 15.4. The van der Waals surface area contributed by atoms with Gasteiger partial charge in [-0.3, -0.25) is 4.79 Å². The van der Waals surface area contributed by atoms with Gasteiger partial charge < -0.3 is 9.47 Å². The van der Waals surface area contributed by atoms with E-state index in [4.69, 9.17) is 9.47 Å². The Morgan fingerprint density at radius 1 is 0.938 bits per heavy atom. The van der Waals surface area contributed by atoms with Crippen LogP contribution in [0.1, 0.15) is 65.2 Å². The minimum atomic E-state index is -0.137. The normalized spacial score (nSPS) is 10.4. The molecule has 0 heterocycles. The lowest BCUT2D eigenvalue weighted by Crippen LogP contribution is -2.07. The molecule has 0 amide bonds. The third kappa shape index (κ3) is 11.5. The minimum Gasteiger partial charge on any atom is -0.438 e. The summed E-state index contributed by atoms with van der Waals surface area (Å²) in [4.78, 5) is 11.2. The molecule has 0 rings (SSSR count). The third-order valence-corrected chi connectivity index (χ3v) is 2.49. The van der Waals surface area contributed by atoms with E-state index in [-0.39, 0.29) is 12.8 Å². The molecule has 0 saturated heterocycles. The molecule has 0 radical (unpaired) electrons. The monoisotopic (exact) mass is 230 g/mol. The van der Waals surface area contributed by atoms with E-state index in [1.165, 1.54) is 32.1 Å². The zero-order valence-electron chi connectivity index (χ0n) is 10.8. The van der Waals surface area contributed by atoms with E-state index >= 15 is 0 Å². The van der Waals surface area contributed by atoms with Gasteiger partial charge in [0, 0.05) is 13.0 Å². The van der Waals surface area contributed by atoms with Gasteiger partial charge in [0.1, 0.15) is 0 Å². The van der Waals surface area contributed by atoms with Gasteiger partial charge in [-0.2, -0.15) is 0 Å². The van der Waals surface area contributed by atoms with Crippen LogP contribution in [0.15, 0.2) is 0 Å². The number of esters is 1. The van der Waals surface area contributed by atoms with Crippen molar-refractivity contribution < 1.29 is 14.3 Å². The van der Waals surface area contributed by atoms with Crippen molar-refractivity contribution in [2.45, 2.75) is 65.2 Å². The number of unbranched alkanes of at least 4 members (excludes halogenated alkanes) is 6. The molecular formula is C13H26O3. The molecule has 0 aromatic carbocycles. The van der Waals surface area contributed by atoms with Crippen molar-refractivity contribution in [1.29, 1.82) is 0 Å². The van der Waals surface area contributed by atoms with Crippen LogP contribution in [0.5, 0.6) is 0 Å². The second-order valence-electron chi connectivity index (χ2n) is 4.00. The standard InChI is InChI=1S/C13H26O3/c1-3-5-6-7-8-9-10-11-13(14)16-12-15-4-2/h3-12H2,1-2H3. The Morgan fingerprint density at radius 2 is 1.56 bits per heavy atom. The Hall–Kier alpha value is -0.570. The summed E-state index contributed by atoms with van der Waals surface area (Å²) < 4.78 is 9.80. The summed E-state index contributed by atoms with van der Waals surface area (Å²) in [5.41, 5.74) is 0. The molecule has 0 fully saturated rings. The molecule has 16 heavy (non-hydrogen) atoms. The lowest BCUT2D eigenvalue weighted by atomic mass is 10.1. The van der Waals surface area contributed by atoms with Crippen LogP contribution in [0.3, 0.4) is 0 Å². The number of ether oxygens (including phenoxy) is 2. The minimum absolute atomic E-state index is 0.103. The summed E-state index contributed by atoms with van der Waals surface area (Å²) in [5, 5.41) is 0. The molecule has 3 heteroatoms. The maximum atomic E-state index is 11.2. The van der Waals surface area contributed by atoms with Gasteiger partial charge in [-0.05, 0) is 13.3 Å². The molecule has 0 spiro atoms. The van der Waals surface area contributed by atoms with Crippen molar-refractivity contribution in [3.05, 3.63) is 0 Å². The van der Waals surface area contributed by atoms with Gasteiger partial charge in [-0.1, -0.05) is 45.4 Å². The Morgan fingerprint density at radius 3 is 2.19 bits per heavy atom. The van der Waals surface area contributed by atoms with Crippen molar-refractivity contribution >= 4 is 5.97 Å². The van der Waals surface area contributed by atoms with E-state index in [1.54, 1.807) is 0 Å². The number of carbonyl (C=O) groups is 1. The summed E-state index contributed by atoms with van der Waals surface area (Å²) in [5.74, 6) is -0.137. The molecule has 0 N–H and O–H groups in total. The molecule has 0 aliphatic carbocycles. The molecular weight excluding hydrogens is 204 g/mol. The Kier molecular flexibility index (Phi) is 12.1. The second-order valence-corrected chi connectivity index (χ2v) is 4.00. The maximum absolute atomic E-state index is 11.2. The van der Waals surface area contributed by atoms with Crippen LogP contribution in [0.25, 0.3) is 0 Å². The average molecular weight is 230 g/mol. The van der Waals surface area contributed by atoms with Gasteiger partial charge in [0.15, 0.2) is 6.79 Å². The van der Waals surface area contributed by atoms with Crippen LogP contribution >= 0.6 is 0 Å². The van der Waals surface area contributed by atoms with Crippen molar-refractivity contribution in [2.24, 2.45) is 0 Å². The van der Waals surface area contributed by atoms with Crippen LogP contribution in [0.2, 0.25) is 0 Å². The van der Waals surface area contributed by atoms with Crippen molar-refractivity contribution in [3.63, 3.8) is 0 Å². The van der Waals surface area contributed by atoms with Crippen LogP contribution in [0, 0.1) is 0 Å². The second kappa shape index (κ2) is 12.5. The lowest BCUT2D eigenvalue weighted by molar-refractivity contribution is -0.155. The molecule has 0 atom stereocenters. The highest BCUT2D eigenvalue weighted by atomic mass is 16.7. The van der Waals surface area contributed by atoms with E-state index in [0.717, 1.165) is 12.8 Å². The number of hydrogen-bond acceptors (Lipinski definition) is 3. The number of hydrogen-bond donors (Lipinski definition) is 0. The summed E-state index contributed by atoms with van der Waals surface area (Å²) in [6.07, 6.45) is 9.07. The topological polar surface area (TPSA) is 35.5 Å². The Labute approximate surface area is 99.5 Å². The fourth-order valence-corrected chi connectivity index (χ4v) is 1.49. The van der Waals surface area contributed by atoms with E-state index in [0.29, 0.717) is 13.0 Å². The Bertz CT molecular complexity index is 157. The zero-order chi connectivity index (χ0) is 12.1. The van der Waals surface area contributed by atoms with Crippen LogP contribution < -0.4 is 0 Å². The molecule has 0 aliphatic heterocycles. The van der Waals surface area contributed by atoms with Gasteiger partial charge in [-0.25, -0.2) is 0 Å². The first-order valence-electron chi connectivity index (χ1n) is 6.54. The average Bonchev–Trinajstić information content (AvgIpc) is 2.28. The van der Waals surface area contributed by atoms with Gasteiger partial charge in [0.25, 0.3) is 0 Å². The highest BCUT2D eigenvalue weighted by Crippen LogP contribution is 2.08. The first-order chi connectivity index (χ1) is 7.81. The molecule has 96 valence electrons.